The largest absolute Gasteiger partial charge is 0.299 e. The summed E-state index contributed by atoms with van der Waals surface area (Å²) in [6.07, 6.45) is 0. The summed E-state index contributed by atoms with van der Waals surface area (Å²) in [5.74, 6) is 0. The van der Waals surface area contributed by atoms with Crippen LogP contribution in [0.15, 0.2) is 57.5 Å². The molecule has 0 spiro atoms. The van der Waals surface area contributed by atoms with Crippen LogP contribution in [0.4, 0.5) is 11.4 Å². The summed E-state index contributed by atoms with van der Waals surface area (Å²) >= 11 is 18.1. The van der Waals surface area contributed by atoms with Gasteiger partial charge in [0, 0.05) is 0 Å². The van der Waals surface area contributed by atoms with Gasteiger partial charge in [0.1, 0.15) is 5.69 Å². The summed E-state index contributed by atoms with van der Waals surface area (Å²) < 4.78 is 1.32. The number of benzene rings is 2. The Morgan fingerprint density at radius 1 is 0.958 bits per heavy atom. The number of H-pyrrole nitrogens is 1. The van der Waals surface area contributed by atoms with Crippen LogP contribution in [0.2, 0.25) is 15.1 Å². The first-order chi connectivity index (χ1) is 11.5. The maximum absolute atomic E-state index is 12.6. The molecule has 0 aliphatic heterocycles. The molecule has 0 saturated heterocycles. The molecule has 24 heavy (non-hydrogen) atoms. The number of hydrogen-bond acceptors (Lipinski definition) is 3. The van der Waals surface area contributed by atoms with E-state index < -0.39 is 0 Å². The van der Waals surface area contributed by atoms with Crippen molar-refractivity contribution in [2.45, 2.75) is 6.92 Å². The molecule has 0 amide bonds. The van der Waals surface area contributed by atoms with Gasteiger partial charge in [0.05, 0.1) is 26.4 Å². The molecule has 0 aliphatic carbocycles. The Hall–Kier alpha value is -2.08. The third-order valence-corrected chi connectivity index (χ3v) is 4.45. The van der Waals surface area contributed by atoms with E-state index in [1.807, 2.05) is 0 Å². The lowest BCUT2D eigenvalue weighted by Crippen LogP contribution is -2.14. The van der Waals surface area contributed by atoms with Gasteiger partial charge >= 0.3 is 0 Å². The third kappa shape index (κ3) is 3.11. The number of aryl methyl sites for hydroxylation is 1. The highest BCUT2D eigenvalue weighted by Gasteiger charge is 2.14. The number of azo groups is 1. The molecule has 0 aliphatic rings. The Kier molecular flexibility index (Phi) is 4.76. The SMILES string of the molecule is Cc1[nH]n(-c2ccccc2Cl)c(=O)c1N=Nc1cccc(Cl)c1Cl. The third-order valence-electron chi connectivity index (χ3n) is 3.32. The predicted octanol–water partition coefficient (Wildman–Crippen LogP) is 5.85. The minimum Gasteiger partial charge on any atom is -0.293 e. The maximum Gasteiger partial charge on any atom is 0.299 e. The monoisotopic (exact) mass is 380 g/mol. The van der Waals surface area contributed by atoms with Gasteiger partial charge in [0.2, 0.25) is 0 Å². The molecule has 0 saturated carbocycles. The first kappa shape index (κ1) is 16.8. The molecule has 0 bridgehead atoms. The summed E-state index contributed by atoms with van der Waals surface area (Å²) in [5, 5.41) is 12.1. The molecule has 3 rings (SSSR count). The molecule has 1 N–H and O–H groups in total. The van der Waals surface area contributed by atoms with Crippen LogP contribution in [0.5, 0.6) is 0 Å². The summed E-state index contributed by atoms with van der Waals surface area (Å²) in [4.78, 5) is 12.6. The fourth-order valence-corrected chi connectivity index (χ4v) is 2.69. The van der Waals surface area contributed by atoms with E-state index >= 15 is 0 Å². The van der Waals surface area contributed by atoms with E-state index in [1.165, 1.54) is 4.68 Å². The van der Waals surface area contributed by atoms with Crippen LogP contribution in [0.25, 0.3) is 5.69 Å². The van der Waals surface area contributed by atoms with Crippen molar-refractivity contribution in [3.05, 3.63) is 73.6 Å². The van der Waals surface area contributed by atoms with Gasteiger partial charge in [-0.1, -0.05) is 53.0 Å². The fraction of sp³-hybridized carbons (Fsp3) is 0.0625. The van der Waals surface area contributed by atoms with E-state index in [1.54, 1.807) is 49.4 Å². The van der Waals surface area contributed by atoms with Gasteiger partial charge in [0.15, 0.2) is 5.69 Å². The summed E-state index contributed by atoms with van der Waals surface area (Å²) in [5.41, 5.74) is 1.29. The quantitative estimate of drug-likeness (QED) is 0.568. The van der Waals surface area contributed by atoms with Gasteiger partial charge < -0.3 is 0 Å². The van der Waals surface area contributed by atoms with Crippen molar-refractivity contribution in [3.8, 4) is 5.69 Å². The second-order valence-corrected chi connectivity index (χ2v) is 6.14. The predicted molar refractivity (Wildman–Crippen MR) is 96.8 cm³/mol. The van der Waals surface area contributed by atoms with Crippen LogP contribution in [0.1, 0.15) is 5.69 Å². The summed E-state index contributed by atoms with van der Waals surface area (Å²) in [6, 6.07) is 12.0. The lowest BCUT2D eigenvalue weighted by molar-refractivity contribution is 0.835. The molecule has 122 valence electrons. The Labute approximate surface area is 152 Å². The average molecular weight is 382 g/mol. The minimum atomic E-state index is -0.359. The standard InChI is InChI=1S/C16H11Cl3N4O/c1-9-15(21-20-12-7-4-6-11(18)14(12)19)16(24)23(22-9)13-8-3-2-5-10(13)17/h2-8,22H,1H3. The summed E-state index contributed by atoms with van der Waals surface area (Å²) in [6.45, 7) is 1.72. The molecule has 8 heteroatoms. The number of para-hydroxylation sites is 1. The molecular formula is C16H11Cl3N4O. The Morgan fingerprint density at radius 2 is 1.67 bits per heavy atom. The van der Waals surface area contributed by atoms with E-state index in [9.17, 15) is 4.79 Å². The highest BCUT2D eigenvalue weighted by molar-refractivity contribution is 6.43. The Morgan fingerprint density at radius 3 is 2.42 bits per heavy atom. The van der Waals surface area contributed by atoms with Crippen molar-refractivity contribution in [1.82, 2.24) is 9.78 Å². The molecule has 3 aromatic rings. The van der Waals surface area contributed by atoms with Gasteiger partial charge in [-0.2, -0.15) is 0 Å². The van der Waals surface area contributed by atoms with E-state index in [2.05, 4.69) is 15.3 Å². The normalized spacial score (nSPS) is 11.3. The van der Waals surface area contributed by atoms with Gasteiger partial charge in [-0.15, -0.1) is 10.2 Å². The fourth-order valence-electron chi connectivity index (χ4n) is 2.13. The highest BCUT2D eigenvalue weighted by atomic mass is 35.5. The second-order valence-electron chi connectivity index (χ2n) is 4.95. The van der Waals surface area contributed by atoms with Crippen LogP contribution in [-0.2, 0) is 0 Å². The van der Waals surface area contributed by atoms with Crippen LogP contribution in [-0.4, -0.2) is 9.78 Å². The van der Waals surface area contributed by atoms with Crippen LogP contribution in [0, 0.1) is 6.92 Å². The van der Waals surface area contributed by atoms with E-state index in [4.69, 9.17) is 34.8 Å². The molecule has 0 fully saturated rings. The number of halogens is 3. The molecule has 0 radical (unpaired) electrons. The Balaban J connectivity index is 2.05. The first-order valence-electron chi connectivity index (χ1n) is 6.91. The van der Waals surface area contributed by atoms with Crippen molar-refractivity contribution in [3.63, 3.8) is 0 Å². The van der Waals surface area contributed by atoms with E-state index in [0.29, 0.717) is 27.1 Å². The van der Waals surface area contributed by atoms with E-state index in [0.717, 1.165) is 0 Å². The van der Waals surface area contributed by atoms with Crippen molar-refractivity contribution in [2.24, 2.45) is 10.2 Å². The zero-order chi connectivity index (χ0) is 17.3. The van der Waals surface area contributed by atoms with Crippen molar-refractivity contribution in [1.29, 1.82) is 0 Å². The van der Waals surface area contributed by atoms with Crippen LogP contribution < -0.4 is 5.56 Å². The van der Waals surface area contributed by atoms with Gasteiger partial charge in [0.25, 0.3) is 5.56 Å². The topological polar surface area (TPSA) is 62.5 Å². The molecule has 1 aromatic heterocycles. The number of hydrogen-bond donors (Lipinski definition) is 1. The molecule has 1 heterocycles. The van der Waals surface area contributed by atoms with Crippen molar-refractivity contribution < 1.29 is 0 Å². The van der Waals surface area contributed by atoms with E-state index in [-0.39, 0.29) is 16.3 Å². The van der Waals surface area contributed by atoms with Gasteiger partial charge in [-0.3, -0.25) is 9.89 Å². The zero-order valence-corrected chi connectivity index (χ0v) is 14.7. The number of aromatic amines is 1. The van der Waals surface area contributed by atoms with Gasteiger partial charge in [-0.05, 0) is 31.2 Å². The maximum atomic E-state index is 12.6. The molecule has 2 aromatic carbocycles. The van der Waals surface area contributed by atoms with Crippen molar-refractivity contribution >= 4 is 46.2 Å². The number of aromatic nitrogens is 2. The number of rotatable bonds is 3. The minimum absolute atomic E-state index is 0.172. The second kappa shape index (κ2) is 6.81. The summed E-state index contributed by atoms with van der Waals surface area (Å²) in [7, 11) is 0. The molecule has 5 nitrogen and oxygen atoms in total. The lowest BCUT2D eigenvalue weighted by Gasteiger charge is -2.02. The van der Waals surface area contributed by atoms with Crippen molar-refractivity contribution in [2.75, 3.05) is 0 Å². The highest BCUT2D eigenvalue weighted by Crippen LogP contribution is 2.32. The Bertz CT molecular complexity index is 991. The number of nitrogens with one attached hydrogen (secondary N) is 1. The molecular weight excluding hydrogens is 371 g/mol. The average Bonchev–Trinajstić information content (AvgIpc) is 2.84. The number of nitrogens with zero attached hydrogens (tertiary/aromatic N) is 3. The van der Waals surface area contributed by atoms with Gasteiger partial charge in [-0.25, -0.2) is 4.68 Å². The zero-order valence-electron chi connectivity index (χ0n) is 12.4. The lowest BCUT2D eigenvalue weighted by atomic mass is 10.3. The van der Waals surface area contributed by atoms with Crippen LogP contribution >= 0.6 is 34.8 Å². The molecule has 0 atom stereocenters. The van der Waals surface area contributed by atoms with Crippen LogP contribution in [0.3, 0.4) is 0 Å². The smallest absolute Gasteiger partial charge is 0.293 e. The first-order valence-corrected chi connectivity index (χ1v) is 8.04. The molecule has 0 unspecified atom stereocenters.